The second-order valence-electron chi connectivity index (χ2n) is 13.7. The Morgan fingerprint density at radius 3 is 2.78 bits per heavy atom. The number of aromatic nitrogens is 5. The van der Waals surface area contributed by atoms with Crippen molar-refractivity contribution in [3.05, 3.63) is 34.9 Å². The number of halogens is 2. The molecule has 9 rings (SSSR count). The largest absolute Gasteiger partial charge is 0.463 e. The number of anilines is 1. The molecule has 2 atom stereocenters. The molecule has 1 aromatic carbocycles. The van der Waals surface area contributed by atoms with Crippen LogP contribution in [0.1, 0.15) is 50.5 Å². The zero-order chi connectivity index (χ0) is 30.9. The highest BCUT2D eigenvalue weighted by molar-refractivity contribution is 6.33. The molecule has 4 aromatic rings. The predicted octanol–water partition coefficient (Wildman–Crippen LogP) is 5.23. The Hall–Kier alpha value is -3.57. The molecule has 0 unspecified atom stereocenters. The van der Waals surface area contributed by atoms with Crippen molar-refractivity contribution in [3.8, 4) is 17.3 Å². The van der Waals surface area contributed by atoms with Gasteiger partial charge in [0.15, 0.2) is 5.82 Å². The van der Waals surface area contributed by atoms with E-state index in [0.29, 0.717) is 59.2 Å². The van der Waals surface area contributed by atoms with Gasteiger partial charge in [-0.25, -0.2) is 4.39 Å². The van der Waals surface area contributed by atoms with Crippen LogP contribution in [0.2, 0.25) is 5.02 Å². The molecule has 236 valence electrons. The molecule has 0 radical (unpaired) electrons. The van der Waals surface area contributed by atoms with Crippen LogP contribution in [0.25, 0.3) is 33.1 Å². The number of hydrogen-bond acceptors (Lipinski definition) is 8. The smallest absolute Gasteiger partial charge is 0.319 e. The number of amides is 1. The lowest BCUT2D eigenvalue weighted by Gasteiger charge is -2.39. The number of hydrogen-bond donors (Lipinski definition) is 1. The fraction of sp³-hybridized carbons (Fsp3) is 0.545. The SMILES string of the molecule is CN(C)CC1(COc2nc3c4cnc(c(F)c4n2)-c2c(c(Cl)cc4[nH]ncc24)CCCCC(=O)N2CC[C@@H]4CCN3C[C@@H]42)CC1. The molecule has 1 amide bonds. The topological polar surface area (TPSA) is 103 Å². The van der Waals surface area contributed by atoms with E-state index in [2.05, 4.69) is 39.0 Å². The maximum atomic E-state index is 17.0. The maximum absolute atomic E-state index is 17.0. The first-order chi connectivity index (χ1) is 21.8. The second kappa shape index (κ2) is 11.0. The molecule has 45 heavy (non-hydrogen) atoms. The lowest BCUT2D eigenvalue weighted by molar-refractivity contribution is -0.132. The number of H-pyrrole nitrogens is 1. The minimum absolute atomic E-state index is 0.0589. The minimum Gasteiger partial charge on any atom is -0.463 e. The molecule has 3 aromatic heterocycles. The van der Waals surface area contributed by atoms with Crippen LogP contribution in [0, 0.1) is 17.2 Å². The molecule has 1 saturated carbocycles. The average molecular weight is 633 g/mol. The van der Waals surface area contributed by atoms with Gasteiger partial charge in [0.2, 0.25) is 5.91 Å². The molecule has 2 saturated heterocycles. The number of rotatable bonds is 5. The monoisotopic (exact) mass is 632 g/mol. The molecule has 5 aliphatic rings. The van der Waals surface area contributed by atoms with E-state index in [1.54, 1.807) is 12.4 Å². The number of piperidine rings is 1. The number of pyridine rings is 1. The number of carbonyl (C=O) groups is 1. The van der Waals surface area contributed by atoms with Crippen LogP contribution in [0.4, 0.5) is 10.2 Å². The van der Waals surface area contributed by atoms with E-state index in [9.17, 15) is 4.79 Å². The second-order valence-corrected chi connectivity index (χ2v) is 14.1. The van der Waals surface area contributed by atoms with Crippen molar-refractivity contribution in [2.75, 3.05) is 51.8 Å². The Morgan fingerprint density at radius 1 is 1.13 bits per heavy atom. The molecule has 1 N–H and O–H groups in total. The maximum Gasteiger partial charge on any atom is 0.319 e. The number of carbonyl (C=O) groups excluding carboxylic acids is 1. The molecule has 7 heterocycles. The minimum atomic E-state index is -0.527. The molecular weight excluding hydrogens is 595 g/mol. The fourth-order valence-electron chi connectivity index (χ4n) is 7.90. The van der Waals surface area contributed by atoms with E-state index in [0.717, 1.165) is 69.1 Å². The Kier molecular flexibility index (Phi) is 7.09. The molecular formula is C33H38ClFN8O2. The van der Waals surface area contributed by atoms with Crippen LogP contribution >= 0.6 is 11.6 Å². The summed E-state index contributed by atoms with van der Waals surface area (Å²) in [6, 6.07) is 2.10. The van der Waals surface area contributed by atoms with E-state index in [1.807, 2.05) is 6.07 Å². The van der Waals surface area contributed by atoms with Crippen LogP contribution in [0.15, 0.2) is 18.5 Å². The molecule has 6 bridgehead atoms. The van der Waals surface area contributed by atoms with E-state index >= 15 is 4.39 Å². The summed E-state index contributed by atoms with van der Waals surface area (Å²) in [5, 5.41) is 9.00. The number of ether oxygens (including phenoxy) is 1. The van der Waals surface area contributed by atoms with Crippen molar-refractivity contribution in [3.63, 3.8) is 0 Å². The molecule has 3 fully saturated rings. The number of fused-ring (bicyclic) bond motifs is 6. The molecule has 0 spiro atoms. The van der Waals surface area contributed by atoms with Crippen molar-refractivity contribution in [1.29, 1.82) is 0 Å². The van der Waals surface area contributed by atoms with Crippen LogP contribution in [0.3, 0.4) is 0 Å². The highest BCUT2D eigenvalue weighted by atomic mass is 35.5. The first kappa shape index (κ1) is 28.9. The van der Waals surface area contributed by atoms with Crippen molar-refractivity contribution in [2.24, 2.45) is 11.3 Å². The first-order valence-corrected chi connectivity index (χ1v) is 16.5. The van der Waals surface area contributed by atoms with Gasteiger partial charge in [-0.1, -0.05) is 11.6 Å². The van der Waals surface area contributed by atoms with E-state index in [-0.39, 0.29) is 34.6 Å². The van der Waals surface area contributed by atoms with E-state index in [1.165, 1.54) is 0 Å². The fourth-order valence-corrected chi connectivity index (χ4v) is 8.19. The van der Waals surface area contributed by atoms with Gasteiger partial charge in [0.05, 0.1) is 29.7 Å². The standard InChI is InChI=1S/C33H38ClFN8O2/c1-41(2)17-33(9-10-33)18-45-32-38-29-22-14-36-30(28(29)35)27-20(23(34)13-24-21(27)15-37-40-24)5-3-4-6-26(44)43-12-8-19-7-11-42(16-25(19)43)31(22)39-32/h13-15,19,25H,3-12,16-18H2,1-2H3,(H,37,40)/t19-,25-/m0/s1. The van der Waals surface area contributed by atoms with Crippen LogP contribution in [0.5, 0.6) is 6.01 Å². The summed E-state index contributed by atoms with van der Waals surface area (Å²) in [7, 11) is 4.13. The van der Waals surface area contributed by atoms with Crippen LogP contribution in [-0.2, 0) is 11.2 Å². The predicted molar refractivity (Wildman–Crippen MR) is 171 cm³/mol. The van der Waals surface area contributed by atoms with Gasteiger partial charge in [-0.3, -0.25) is 14.9 Å². The molecule has 1 aliphatic carbocycles. The van der Waals surface area contributed by atoms with Crippen molar-refractivity contribution < 1.29 is 13.9 Å². The van der Waals surface area contributed by atoms with Gasteiger partial charge in [-0.2, -0.15) is 15.1 Å². The van der Waals surface area contributed by atoms with Gasteiger partial charge in [-0.05, 0) is 76.6 Å². The molecule has 12 heteroatoms. The molecule has 10 nitrogen and oxygen atoms in total. The molecule has 4 aliphatic heterocycles. The average Bonchev–Trinajstić information content (AvgIpc) is 3.40. The number of benzene rings is 1. The van der Waals surface area contributed by atoms with Crippen molar-refractivity contribution in [2.45, 2.75) is 57.4 Å². The van der Waals surface area contributed by atoms with Gasteiger partial charge in [0.1, 0.15) is 17.0 Å². The zero-order valence-electron chi connectivity index (χ0n) is 25.8. The summed E-state index contributed by atoms with van der Waals surface area (Å²) in [5.41, 5.74) is 2.52. The van der Waals surface area contributed by atoms with E-state index < -0.39 is 5.82 Å². The van der Waals surface area contributed by atoms with Gasteiger partial charge < -0.3 is 19.4 Å². The van der Waals surface area contributed by atoms with Crippen LogP contribution in [-0.4, -0.2) is 93.8 Å². The lowest BCUT2D eigenvalue weighted by Crippen LogP contribution is -2.50. The number of nitrogens with one attached hydrogen (secondary N) is 1. The van der Waals surface area contributed by atoms with Crippen molar-refractivity contribution in [1.82, 2.24) is 34.9 Å². The van der Waals surface area contributed by atoms with E-state index in [4.69, 9.17) is 31.3 Å². The quantitative estimate of drug-likeness (QED) is 0.319. The van der Waals surface area contributed by atoms with Crippen LogP contribution < -0.4 is 9.64 Å². The zero-order valence-corrected chi connectivity index (χ0v) is 26.5. The summed E-state index contributed by atoms with van der Waals surface area (Å²) >= 11 is 6.85. The highest BCUT2D eigenvalue weighted by Gasteiger charge is 2.44. The Labute approximate surface area is 266 Å². The Bertz CT molecular complexity index is 1810. The summed E-state index contributed by atoms with van der Waals surface area (Å²) in [5.74, 6) is 0.742. The van der Waals surface area contributed by atoms with Gasteiger partial charge >= 0.3 is 6.01 Å². The summed E-state index contributed by atoms with van der Waals surface area (Å²) < 4.78 is 23.3. The number of nitrogens with zero attached hydrogens (tertiary/aromatic N) is 7. The summed E-state index contributed by atoms with van der Waals surface area (Å²) in [6.07, 6.45) is 10.0. The normalized spacial score (nSPS) is 22.6. The Morgan fingerprint density at radius 2 is 1.96 bits per heavy atom. The van der Waals surface area contributed by atoms with Gasteiger partial charge in [0, 0.05) is 60.2 Å². The lowest BCUT2D eigenvalue weighted by atomic mass is 9.91. The summed E-state index contributed by atoms with van der Waals surface area (Å²) in [6.45, 7) is 3.56. The number of aromatic amines is 1. The Balaban J connectivity index is 1.30. The third-order valence-electron chi connectivity index (χ3n) is 10.3. The van der Waals surface area contributed by atoms with Gasteiger partial charge in [0.25, 0.3) is 0 Å². The summed E-state index contributed by atoms with van der Waals surface area (Å²) in [4.78, 5) is 34.3. The third-order valence-corrected chi connectivity index (χ3v) is 10.7. The van der Waals surface area contributed by atoms with Crippen molar-refractivity contribution >= 4 is 45.1 Å². The first-order valence-electron chi connectivity index (χ1n) is 16.1. The third kappa shape index (κ3) is 5.08. The van der Waals surface area contributed by atoms with Gasteiger partial charge in [-0.15, -0.1) is 0 Å². The highest BCUT2D eigenvalue weighted by Crippen LogP contribution is 2.46.